The highest BCUT2D eigenvalue weighted by molar-refractivity contribution is 14.1. The van der Waals surface area contributed by atoms with E-state index in [0.717, 1.165) is 19.8 Å². The molecule has 0 aromatic heterocycles. The molecule has 0 N–H and O–H groups in total. The van der Waals surface area contributed by atoms with Crippen LogP contribution in [0.1, 0.15) is 0 Å². The first-order valence-electron chi connectivity index (χ1n) is 6.77. The Kier molecular flexibility index (Phi) is 2.91. The average molecular weight is 407 g/mol. The highest BCUT2D eigenvalue weighted by Gasteiger charge is 2.81. The molecule has 5 nitrogen and oxygen atoms in total. The lowest BCUT2D eigenvalue weighted by Gasteiger charge is -2.23. The minimum absolute atomic E-state index is 0.233. The number of hydroxylamine groups is 4. The van der Waals surface area contributed by atoms with Gasteiger partial charge in [-0.25, -0.2) is 0 Å². The van der Waals surface area contributed by atoms with Crippen LogP contribution < -0.4 is 4.65 Å². The molecule has 3 unspecified atom stereocenters. The monoisotopic (exact) mass is 407 g/mol. The summed E-state index contributed by atoms with van der Waals surface area (Å²) in [6, 6.07) is 14.8. The third-order valence-corrected chi connectivity index (χ3v) is 5.71. The zero-order valence-electron chi connectivity index (χ0n) is 11.5. The summed E-state index contributed by atoms with van der Waals surface area (Å²) in [5, 5.41) is 25.0. The van der Waals surface area contributed by atoms with Gasteiger partial charge in [-0.1, -0.05) is 12.1 Å². The van der Waals surface area contributed by atoms with Crippen molar-refractivity contribution >= 4 is 26.9 Å². The Morgan fingerprint density at radius 1 is 1.09 bits per heavy atom. The molecular weight excluding hydrogens is 395 g/mol. The van der Waals surface area contributed by atoms with Gasteiger partial charge < -0.3 is 15.5 Å². The van der Waals surface area contributed by atoms with Crippen LogP contribution in [0.2, 0.25) is 0 Å². The van der Waals surface area contributed by atoms with E-state index < -0.39 is 31.5 Å². The minimum Gasteiger partial charge on any atom is -0.780 e. The Morgan fingerprint density at radius 2 is 1.59 bits per heavy atom. The molecule has 2 aromatic carbocycles. The number of benzene rings is 2. The molecule has 2 aliphatic heterocycles. The Balaban J connectivity index is 1.64. The number of rotatable bonds is 3. The van der Waals surface area contributed by atoms with Gasteiger partial charge in [0.25, 0.3) is 0 Å². The maximum atomic E-state index is 12.8. The van der Waals surface area contributed by atoms with Crippen LogP contribution in [0.15, 0.2) is 60.8 Å². The maximum absolute atomic E-state index is 12.8. The Labute approximate surface area is 137 Å². The molecule has 2 aromatic rings. The molecule has 1 spiro atoms. The highest BCUT2D eigenvalue weighted by atomic mass is 127. The van der Waals surface area contributed by atoms with Crippen molar-refractivity contribution in [1.82, 2.24) is 9.71 Å². The first-order valence-corrected chi connectivity index (χ1v) is 8.73. The van der Waals surface area contributed by atoms with Gasteiger partial charge in [0.1, 0.15) is 5.69 Å². The Morgan fingerprint density at radius 3 is 2.00 bits per heavy atom. The molecule has 4 rings (SSSR count). The van der Waals surface area contributed by atoms with E-state index in [2.05, 4.69) is 6.58 Å². The number of quaternary nitrogens is 1. The van der Waals surface area contributed by atoms with Crippen LogP contribution in [0.5, 0.6) is 0 Å². The lowest BCUT2D eigenvalue weighted by atomic mass is 10.1. The number of hydrogen-bond donors (Lipinski definition) is 0. The van der Waals surface area contributed by atoms with Gasteiger partial charge in [-0.15, -0.1) is 0 Å². The van der Waals surface area contributed by atoms with Crippen molar-refractivity contribution < 1.29 is 3.07 Å². The third-order valence-electron chi connectivity index (χ3n) is 4.48. The third kappa shape index (κ3) is 1.67. The highest BCUT2D eigenvalue weighted by Crippen LogP contribution is 2.65. The summed E-state index contributed by atoms with van der Waals surface area (Å²) in [7, 11) is 0. The Bertz CT molecular complexity index is 790. The zero-order chi connectivity index (χ0) is 15.5. The van der Waals surface area contributed by atoms with E-state index >= 15 is 0 Å². The van der Waals surface area contributed by atoms with E-state index in [4.69, 9.17) is 0 Å². The average Bonchev–Trinajstić information content (AvgIpc) is 3.38. The van der Waals surface area contributed by atoms with Crippen molar-refractivity contribution in [2.75, 3.05) is 6.54 Å². The summed E-state index contributed by atoms with van der Waals surface area (Å²) < 4.78 is 11.0. The fourth-order valence-electron chi connectivity index (χ4n) is 3.01. The second-order valence-electron chi connectivity index (χ2n) is 5.54. The summed E-state index contributed by atoms with van der Waals surface area (Å²) in [6.07, 6.45) is 0. The predicted octanol–water partition coefficient (Wildman–Crippen LogP) is 3.68. The van der Waals surface area contributed by atoms with Crippen LogP contribution in [-0.2, 0) is 3.07 Å². The molecule has 22 heavy (non-hydrogen) atoms. The van der Waals surface area contributed by atoms with Crippen molar-refractivity contribution in [2.24, 2.45) is 0 Å². The number of hydrogen-bond acceptors (Lipinski definition) is 4. The van der Waals surface area contributed by atoms with Crippen molar-refractivity contribution in [3.05, 3.63) is 74.8 Å². The van der Waals surface area contributed by atoms with Crippen LogP contribution in [0.25, 0.3) is 11.1 Å². The lowest BCUT2D eigenvalue weighted by molar-refractivity contribution is 0.546. The summed E-state index contributed by atoms with van der Waals surface area (Å²) in [5.74, 6) is 0. The molecule has 0 saturated carbocycles. The van der Waals surface area contributed by atoms with E-state index in [9.17, 15) is 13.5 Å². The fraction of sp³-hybridized carbons (Fsp3) is 0.125. The normalized spacial score (nSPS) is 32.3. The summed E-state index contributed by atoms with van der Waals surface area (Å²) in [4.78, 5) is 0. The smallest absolute Gasteiger partial charge is 0.241 e. The van der Waals surface area contributed by atoms with E-state index in [-0.39, 0.29) is 6.54 Å². The molecule has 112 valence electrons. The van der Waals surface area contributed by atoms with Gasteiger partial charge in [-0.05, 0) is 42.0 Å². The second kappa shape index (κ2) is 4.53. The molecule has 0 aliphatic carbocycles. The SMILES string of the molecule is C=C1C2(CN2[O-])[N+]1([O-])c1ccc(-c2ccc(I=O)cc2)cc1. The molecule has 2 aliphatic rings. The first-order chi connectivity index (χ1) is 10.5. The van der Waals surface area contributed by atoms with Gasteiger partial charge in [0.15, 0.2) is 26.9 Å². The summed E-state index contributed by atoms with van der Waals surface area (Å²) >= 11 is -1.14. The van der Waals surface area contributed by atoms with Crippen molar-refractivity contribution in [2.45, 2.75) is 5.66 Å². The topological polar surface area (TPSA) is 66.2 Å². The van der Waals surface area contributed by atoms with Gasteiger partial charge in [0.05, 0.1) is 6.54 Å². The van der Waals surface area contributed by atoms with Gasteiger partial charge >= 0.3 is 0 Å². The van der Waals surface area contributed by atoms with Crippen molar-refractivity contribution in [1.29, 1.82) is 0 Å². The molecule has 2 saturated heterocycles. The fourth-order valence-corrected chi connectivity index (χ4v) is 3.67. The number of halogens is 1. The van der Waals surface area contributed by atoms with Crippen LogP contribution in [-0.4, -0.2) is 17.3 Å². The van der Waals surface area contributed by atoms with Gasteiger partial charge in [-0.3, -0.25) is 7.72 Å². The van der Waals surface area contributed by atoms with Crippen LogP contribution in [0.4, 0.5) is 5.69 Å². The molecule has 0 bridgehead atoms. The van der Waals surface area contributed by atoms with E-state index in [1.807, 2.05) is 36.4 Å². The van der Waals surface area contributed by atoms with Crippen molar-refractivity contribution in [3.63, 3.8) is 0 Å². The summed E-state index contributed by atoms with van der Waals surface area (Å²) in [5.41, 5.74) is 1.98. The molecule has 6 heteroatoms. The molecule has 0 amide bonds. The Hall–Kier alpha value is -1.45. The molecule has 0 radical (unpaired) electrons. The van der Waals surface area contributed by atoms with Crippen LogP contribution >= 0.6 is 21.2 Å². The molecule has 3 atom stereocenters. The molecular formula is C16H12IN2O3-. The van der Waals surface area contributed by atoms with Gasteiger partial charge in [0, 0.05) is 15.7 Å². The van der Waals surface area contributed by atoms with E-state index in [0.29, 0.717) is 11.4 Å². The quantitative estimate of drug-likeness (QED) is 0.337. The van der Waals surface area contributed by atoms with E-state index in [1.54, 1.807) is 12.1 Å². The molecule has 2 heterocycles. The largest absolute Gasteiger partial charge is 0.780 e. The second-order valence-corrected chi connectivity index (χ2v) is 7.23. The van der Waals surface area contributed by atoms with Gasteiger partial charge in [0.2, 0.25) is 5.66 Å². The summed E-state index contributed by atoms with van der Waals surface area (Å²) in [6.45, 7) is 3.99. The maximum Gasteiger partial charge on any atom is 0.241 e. The van der Waals surface area contributed by atoms with Crippen LogP contribution in [0.3, 0.4) is 0 Å². The first kappa shape index (κ1) is 14.2. The standard InChI is InChI=1S/C16H12IN2O3/c1-11-16(10-18(16)21)19(11,22)15-8-4-13(5-9-15)12-2-6-14(17-20)7-3-12/h2-9H,1,10H2/q-1. The predicted molar refractivity (Wildman–Crippen MR) is 92.4 cm³/mol. The van der Waals surface area contributed by atoms with E-state index in [1.165, 1.54) is 0 Å². The van der Waals surface area contributed by atoms with Crippen molar-refractivity contribution in [3.8, 4) is 11.1 Å². The number of nitrogens with zero attached hydrogens (tertiary/aromatic N) is 2. The molecule has 2 fully saturated rings. The zero-order valence-corrected chi connectivity index (χ0v) is 13.7. The van der Waals surface area contributed by atoms with Crippen LogP contribution in [0, 0.1) is 14.0 Å². The van der Waals surface area contributed by atoms with Gasteiger partial charge in [-0.2, -0.15) is 0 Å². The minimum atomic E-state index is -1.14. The lowest BCUT2D eigenvalue weighted by Crippen LogP contribution is -2.23.